The van der Waals surface area contributed by atoms with Crippen LogP contribution < -0.4 is 10.6 Å². The van der Waals surface area contributed by atoms with Gasteiger partial charge in [-0.15, -0.1) is 10.2 Å². The Labute approximate surface area is 155 Å². The number of hydrogen-bond acceptors (Lipinski definition) is 4. The van der Waals surface area contributed by atoms with Crippen LogP contribution in [0.3, 0.4) is 0 Å². The van der Waals surface area contributed by atoms with E-state index >= 15 is 0 Å². The van der Waals surface area contributed by atoms with Gasteiger partial charge in [-0.3, -0.25) is 5.32 Å². The Morgan fingerprint density at radius 1 is 1.12 bits per heavy atom. The second-order valence-corrected chi connectivity index (χ2v) is 6.85. The van der Waals surface area contributed by atoms with Gasteiger partial charge in [-0.25, -0.2) is 4.79 Å². The van der Waals surface area contributed by atoms with Crippen LogP contribution in [0.2, 0.25) is 5.02 Å². The number of carbonyl (C=O) groups is 1. The number of hydrogen-bond donors (Lipinski definition) is 2. The number of aromatic nitrogens is 2. The number of nitrogens with one attached hydrogen (secondary N) is 2. The van der Waals surface area contributed by atoms with Gasteiger partial charge in [0.15, 0.2) is 0 Å². The number of benzene rings is 2. The Balaban J connectivity index is 1.67. The maximum atomic E-state index is 12.1. The normalized spacial score (nSPS) is 11.8. The molecule has 5 nitrogen and oxygen atoms in total. The summed E-state index contributed by atoms with van der Waals surface area (Å²) in [6.45, 7) is 2.11. The van der Waals surface area contributed by atoms with Crippen LogP contribution in [0.25, 0.3) is 0 Å². The minimum Gasteiger partial charge on any atom is -0.308 e. The summed E-state index contributed by atoms with van der Waals surface area (Å²) >= 11 is 7.29. The van der Waals surface area contributed by atoms with E-state index in [4.69, 9.17) is 11.6 Å². The Bertz CT molecular complexity index is 853. The third-order valence-electron chi connectivity index (χ3n) is 3.65. The van der Waals surface area contributed by atoms with Crippen molar-refractivity contribution in [2.75, 3.05) is 10.6 Å². The van der Waals surface area contributed by atoms with Gasteiger partial charge >= 0.3 is 6.03 Å². The summed E-state index contributed by atoms with van der Waals surface area (Å²) in [7, 11) is 0. The third-order valence-corrected chi connectivity index (χ3v) is 4.84. The maximum absolute atomic E-state index is 12.1. The molecule has 1 aromatic heterocycles. The van der Waals surface area contributed by atoms with Crippen molar-refractivity contribution in [2.45, 2.75) is 19.3 Å². The molecule has 3 rings (SSSR count). The molecule has 1 atom stereocenters. The Morgan fingerprint density at radius 3 is 2.64 bits per heavy atom. The van der Waals surface area contributed by atoms with Gasteiger partial charge < -0.3 is 5.32 Å². The van der Waals surface area contributed by atoms with Crippen LogP contribution in [0.15, 0.2) is 54.6 Å². The molecule has 7 heteroatoms. The molecular weight excluding hydrogens is 356 g/mol. The molecule has 0 radical (unpaired) electrons. The summed E-state index contributed by atoms with van der Waals surface area (Å²) in [5.41, 5.74) is 1.81. The average Bonchev–Trinajstić information content (AvgIpc) is 3.04. The number of urea groups is 1. The first-order valence-electron chi connectivity index (χ1n) is 7.87. The van der Waals surface area contributed by atoms with Crippen LogP contribution in [-0.2, 0) is 0 Å². The summed E-state index contributed by atoms with van der Waals surface area (Å²) in [5, 5.41) is 15.7. The van der Waals surface area contributed by atoms with E-state index in [1.54, 1.807) is 24.3 Å². The van der Waals surface area contributed by atoms with Gasteiger partial charge in [-0.1, -0.05) is 66.3 Å². The molecule has 0 saturated heterocycles. The molecule has 1 heterocycles. The van der Waals surface area contributed by atoms with E-state index in [2.05, 4.69) is 39.9 Å². The fourth-order valence-electron chi connectivity index (χ4n) is 2.49. The molecule has 0 spiro atoms. The average molecular weight is 373 g/mol. The van der Waals surface area contributed by atoms with E-state index in [0.717, 1.165) is 11.4 Å². The zero-order valence-corrected chi connectivity index (χ0v) is 15.1. The molecule has 0 saturated carbocycles. The summed E-state index contributed by atoms with van der Waals surface area (Å²) in [4.78, 5) is 12.1. The fraction of sp³-hybridized carbons (Fsp3) is 0.167. The monoisotopic (exact) mass is 372 g/mol. The lowest BCUT2D eigenvalue weighted by Gasteiger charge is -2.11. The molecule has 0 aliphatic rings. The summed E-state index contributed by atoms with van der Waals surface area (Å²) in [6.07, 6.45) is 0.910. The van der Waals surface area contributed by atoms with E-state index in [0.29, 0.717) is 15.8 Å². The minimum absolute atomic E-state index is 0.172. The molecule has 2 N–H and O–H groups in total. The van der Waals surface area contributed by atoms with Gasteiger partial charge in [-0.2, -0.15) is 0 Å². The molecule has 0 unspecified atom stereocenters. The zero-order chi connectivity index (χ0) is 17.6. The van der Waals surface area contributed by atoms with Gasteiger partial charge in [0.05, 0.1) is 0 Å². The fourth-order valence-corrected chi connectivity index (χ4v) is 3.63. The van der Waals surface area contributed by atoms with Crippen molar-refractivity contribution < 1.29 is 4.79 Å². The molecule has 128 valence electrons. The number of anilines is 2. The molecule has 0 bridgehead atoms. The first-order valence-corrected chi connectivity index (χ1v) is 9.07. The molecule has 0 aliphatic heterocycles. The summed E-state index contributed by atoms with van der Waals surface area (Å²) < 4.78 is 0. The van der Waals surface area contributed by atoms with Crippen LogP contribution in [-0.4, -0.2) is 16.2 Å². The number of rotatable bonds is 5. The standard InChI is InChI=1S/C18H17ClN4OS/c1-2-15(12-7-4-3-5-8-12)16-22-23-18(25-16)21-17(24)20-14-10-6-9-13(19)11-14/h3-11,15H,2H2,1H3,(H2,20,21,23,24)/t15-/m1/s1. The Kier molecular flexibility index (Phi) is 5.63. The number of nitrogens with zero attached hydrogens (tertiary/aromatic N) is 2. The quantitative estimate of drug-likeness (QED) is 0.632. The molecule has 0 aliphatic carbocycles. The Morgan fingerprint density at radius 2 is 1.92 bits per heavy atom. The molecule has 2 amide bonds. The van der Waals surface area contributed by atoms with Crippen LogP contribution in [0.1, 0.15) is 29.8 Å². The van der Waals surface area contributed by atoms with E-state index in [1.807, 2.05) is 18.2 Å². The Hall–Kier alpha value is -2.44. The van der Waals surface area contributed by atoms with Crippen molar-refractivity contribution in [3.05, 3.63) is 70.2 Å². The molecule has 25 heavy (non-hydrogen) atoms. The number of halogens is 1. The van der Waals surface area contributed by atoms with E-state index in [-0.39, 0.29) is 11.9 Å². The van der Waals surface area contributed by atoms with Crippen molar-refractivity contribution in [3.8, 4) is 0 Å². The molecule has 0 fully saturated rings. The highest BCUT2D eigenvalue weighted by Crippen LogP contribution is 2.31. The molecular formula is C18H17ClN4OS. The van der Waals surface area contributed by atoms with Crippen LogP contribution in [0, 0.1) is 0 Å². The maximum Gasteiger partial charge on any atom is 0.325 e. The van der Waals surface area contributed by atoms with Crippen molar-refractivity contribution in [2.24, 2.45) is 0 Å². The first kappa shape index (κ1) is 17.4. The van der Waals surface area contributed by atoms with E-state index in [1.165, 1.54) is 16.9 Å². The topological polar surface area (TPSA) is 66.9 Å². The van der Waals surface area contributed by atoms with Crippen LogP contribution in [0.4, 0.5) is 15.6 Å². The second kappa shape index (κ2) is 8.09. The van der Waals surface area contributed by atoms with Crippen molar-refractivity contribution in [1.29, 1.82) is 0 Å². The SMILES string of the molecule is CC[C@H](c1ccccc1)c1nnc(NC(=O)Nc2cccc(Cl)c2)s1. The van der Waals surface area contributed by atoms with Gasteiger partial charge in [0, 0.05) is 16.6 Å². The van der Waals surface area contributed by atoms with E-state index < -0.39 is 0 Å². The first-order chi connectivity index (χ1) is 12.2. The summed E-state index contributed by atoms with van der Waals surface area (Å²) in [6, 6.07) is 16.7. The van der Waals surface area contributed by atoms with Crippen molar-refractivity contribution in [3.63, 3.8) is 0 Å². The highest BCUT2D eigenvalue weighted by atomic mass is 35.5. The predicted octanol–water partition coefficient (Wildman–Crippen LogP) is 5.38. The molecule has 3 aromatic rings. The minimum atomic E-state index is -0.377. The van der Waals surface area contributed by atoms with E-state index in [9.17, 15) is 4.79 Å². The number of carbonyl (C=O) groups excluding carboxylic acids is 1. The summed E-state index contributed by atoms with van der Waals surface area (Å²) in [5.74, 6) is 0.172. The largest absolute Gasteiger partial charge is 0.325 e. The lowest BCUT2D eigenvalue weighted by Crippen LogP contribution is -2.19. The van der Waals surface area contributed by atoms with Crippen LogP contribution in [0.5, 0.6) is 0 Å². The van der Waals surface area contributed by atoms with Gasteiger partial charge in [0.1, 0.15) is 5.01 Å². The van der Waals surface area contributed by atoms with Gasteiger partial charge in [-0.05, 0) is 30.2 Å². The third kappa shape index (κ3) is 4.55. The number of amides is 2. The van der Waals surface area contributed by atoms with Crippen molar-refractivity contribution >= 4 is 39.8 Å². The highest BCUT2D eigenvalue weighted by molar-refractivity contribution is 7.15. The second-order valence-electron chi connectivity index (χ2n) is 5.41. The van der Waals surface area contributed by atoms with Gasteiger partial charge in [0.2, 0.25) is 5.13 Å². The van der Waals surface area contributed by atoms with Crippen molar-refractivity contribution in [1.82, 2.24) is 10.2 Å². The zero-order valence-electron chi connectivity index (χ0n) is 13.6. The molecule has 2 aromatic carbocycles. The van der Waals surface area contributed by atoms with Crippen LogP contribution >= 0.6 is 22.9 Å². The smallest absolute Gasteiger partial charge is 0.308 e. The lowest BCUT2D eigenvalue weighted by molar-refractivity contribution is 0.262. The lowest BCUT2D eigenvalue weighted by atomic mass is 9.97. The predicted molar refractivity (Wildman–Crippen MR) is 103 cm³/mol. The van der Waals surface area contributed by atoms with Gasteiger partial charge in [0.25, 0.3) is 0 Å². The highest BCUT2D eigenvalue weighted by Gasteiger charge is 2.18.